The molecule has 2 aromatic carbocycles. The number of thiophene rings is 1. The third-order valence-electron chi connectivity index (χ3n) is 5.68. The zero-order valence-electron chi connectivity index (χ0n) is 16.3. The van der Waals surface area contributed by atoms with Crippen LogP contribution in [0.5, 0.6) is 0 Å². The van der Waals surface area contributed by atoms with Gasteiger partial charge < -0.3 is 11.1 Å². The lowest BCUT2D eigenvalue weighted by Crippen LogP contribution is -2.23. The van der Waals surface area contributed by atoms with Crippen LogP contribution in [0.25, 0.3) is 32.5 Å². The summed E-state index contributed by atoms with van der Waals surface area (Å²) < 4.78 is 0. The van der Waals surface area contributed by atoms with Gasteiger partial charge in [-0.05, 0) is 53.1 Å². The second kappa shape index (κ2) is 7.84. The van der Waals surface area contributed by atoms with Crippen molar-refractivity contribution in [1.82, 2.24) is 9.97 Å². The molecule has 0 atom stereocenters. The molecule has 2 heterocycles. The van der Waals surface area contributed by atoms with Gasteiger partial charge in [0.15, 0.2) is 0 Å². The molecule has 4 aromatic rings. The summed E-state index contributed by atoms with van der Waals surface area (Å²) in [6, 6.07) is 19.8. The van der Waals surface area contributed by atoms with Crippen molar-refractivity contribution < 1.29 is 0 Å². The Kier molecular flexibility index (Phi) is 4.90. The van der Waals surface area contributed by atoms with Crippen LogP contribution in [0.15, 0.2) is 60.0 Å². The minimum absolute atomic E-state index is 0.323. The summed E-state index contributed by atoms with van der Waals surface area (Å²) in [5.41, 5.74) is 10.5. The van der Waals surface area contributed by atoms with Crippen LogP contribution < -0.4 is 11.1 Å². The van der Waals surface area contributed by atoms with Crippen molar-refractivity contribution in [2.75, 3.05) is 11.1 Å². The Bertz CT molecular complexity index is 1110. The Morgan fingerprint density at radius 3 is 2.38 bits per heavy atom. The number of anilines is 2. The van der Waals surface area contributed by atoms with Gasteiger partial charge in [-0.15, -0.1) is 11.3 Å². The first-order valence-electron chi connectivity index (χ1n) is 10.2. The smallest absolute Gasteiger partial charge is 0.222 e. The van der Waals surface area contributed by atoms with E-state index in [4.69, 9.17) is 5.73 Å². The molecule has 0 aliphatic heterocycles. The number of hydrogen-bond donors (Lipinski definition) is 2. The van der Waals surface area contributed by atoms with Gasteiger partial charge in [-0.2, -0.15) is 4.98 Å². The average molecular weight is 401 g/mol. The van der Waals surface area contributed by atoms with Crippen molar-refractivity contribution >= 4 is 34.0 Å². The first-order chi connectivity index (χ1) is 14.3. The summed E-state index contributed by atoms with van der Waals surface area (Å²) in [4.78, 5) is 10.3. The van der Waals surface area contributed by atoms with E-state index in [1.54, 1.807) is 11.3 Å². The third kappa shape index (κ3) is 3.83. The number of nitrogen functional groups attached to an aromatic ring is 1. The summed E-state index contributed by atoms with van der Waals surface area (Å²) in [7, 11) is 0. The van der Waals surface area contributed by atoms with E-state index < -0.39 is 0 Å². The van der Waals surface area contributed by atoms with Crippen LogP contribution in [0, 0.1) is 0 Å². The van der Waals surface area contributed by atoms with Crippen molar-refractivity contribution in [2.24, 2.45) is 0 Å². The second-order valence-corrected chi connectivity index (χ2v) is 8.64. The molecule has 146 valence electrons. The van der Waals surface area contributed by atoms with Crippen molar-refractivity contribution in [2.45, 2.75) is 38.1 Å². The van der Waals surface area contributed by atoms with Gasteiger partial charge in [0.2, 0.25) is 5.95 Å². The Labute approximate surface area is 174 Å². The Balaban J connectivity index is 1.50. The van der Waals surface area contributed by atoms with E-state index in [2.05, 4.69) is 69.2 Å². The molecular formula is C24H24N4S. The highest BCUT2D eigenvalue weighted by molar-refractivity contribution is 7.13. The molecule has 0 bridgehead atoms. The molecule has 0 amide bonds. The number of hydrogen-bond acceptors (Lipinski definition) is 5. The van der Waals surface area contributed by atoms with Crippen LogP contribution in [0.1, 0.15) is 32.1 Å². The molecule has 0 spiro atoms. The number of nitrogens with zero attached hydrogens (tertiary/aromatic N) is 2. The van der Waals surface area contributed by atoms with Gasteiger partial charge in [-0.25, -0.2) is 4.98 Å². The first-order valence-corrected chi connectivity index (χ1v) is 11.1. The summed E-state index contributed by atoms with van der Waals surface area (Å²) >= 11 is 1.76. The summed E-state index contributed by atoms with van der Waals surface area (Å²) in [6.07, 6.45) is 6.26. The summed E-state index contributed by atoms with van der Waals surface area (Å²) in [5.74, 6) is 1.18. The van der Waals surface area contributed by atoms with Gasteiger partial charge in [-0.1, -0.05) is 55.7 Å². The number of fused-ring (bicyclic) bond motifs is 1. The monoisotopic (exact) mass is 400 g/mol. The van der Waals surface area contributed by atoms with Gasteiger partial charge >= 0.3 is 0 Å². The van der Waals surface area contributed by atoms with Crippen molar-refractivity contribution in [3.63, 3.8) is 0 Å². The molecule has 5 rings (SSSR count). The van der Waals surface area contributed by atoms with Crippen LogP contribution in [0.4, 0.5) is 11.8 Å². The van der Waals surface area contributed by atoms with Crippen LogP contribution in [0.2, 0.25) is 0 Å². The first kappa shape index (κ1) is 18.1. The molecule has 2 aromatic heterocycles. The lowest BCUT2D eigenvalue weighted by Gasteiger charge is -2.24. The molecular weight excluding hydrogens is 376 g/mol. The van der Waals surface area contributed by atoms with E-state index in [0.29, 0.717) is 12.0 Å². The van der Waals surface area contributed by atoms with Crippen LogP contribution in [-0.2, 0) is 0 Å². The standard InChI is InChI=1S/C24H24N4S/c25-24-27-21-13-12-18(16-8-10-17(11-9-16)22-7-4-14-29-22)15-20(21)23(28-24)26-19-5-2-1-3-6-19/h4,7-15,19H,1-3,5-6H2,(H3,25,26,27,28). The zero-order chi connectivity index (χ0) is 19.6. The molecule has 1 aliphatic rings. The van der Waals surface area contributed by atoms with E-state index in [9.17, 15) is 0 Å². The highest BCUT2D eigenvalue weighted by atomic mass is 32.1. The minimum atomic E-state index is 0.323. The maximum Gasteiger partial charge on any atom is 0.222 e. The fraction of sp³-hybridized carbons (Fsp3) is 0.250. The molecule has 3 N–H and O–H groups in total. The maximum absolute atomic E-state index is 5.98. The Morgan fingerprint density at radius 2 is 1.62 bits per heavy atom. The fourth-order valence-corrected chi connectivity index (χ4v) is 4.88. The second-order valence-electron chi connectivity index (χ2n) is 7.70. The van der Waals surface area contributed by atoms with E-state index >= 15 is 0 Å². The molecule has 4 nitrogen and oxygen atoms in total. The van der Waals surface area contributed by atoms with E-state index in [1.807, 2.05) is 6.07 Å². The summed E-state index contributed by atoms with van der Waals surface area (Å²) in [6.45, 7) is 0. The largest absolute Gasteiger partial charge is 0.368 e. The van der Waals surface area contributed by atoms with E-state index in [1.165, 1.54) is 48.1 Å². The lowest BCUT2D eigenvalue weighted by molar-refractivity contribution is 0.462. The van der Waals surface area contributed by atoms with Crippen LogP contribution >= 0.6 is 11.3 Å². The molecule has 1 fully saturated rings. The molecule has 1 saturated carbocycles. The molecule has 1 aliphatic carbocycles. The van der Waals surface area contributed by atoms with Gasteiger partial charge in [0.1, 0.15) is 5.82 Å². The Morgan fingerprint density at radius 1 is 0.862 bits per heavy atom. The van der Waals surface area contributed by atoms with Gasteiger partial charge in [-0.3, -0.25) is 0 Å². The number of nitrogens with two attached hydrogens (primary N) is 1. The normalized spacial score (nSPS) is 14.9. The third-order valence-corrected chi connectivity index (χ3v) is 6.60. The SMILES string of the molecule is Nc1nc(NC2CCCCC2)c2cc(-c3ccc(-c4cccs4)cc3)ccc2n1. The molecule has 29 heavy (non-hydrogen) atoms. The number of benzene rings is 2. The molecule has 5 heteroatoms. The van der Waals surface area contributed by atoms with Crippen molar-refractivity contribution in [1.29, 1.82) is 0 Å². The van der Waals surface area contributed by atoms with E-state index in [-0.39, 0.29) is 0 Å². The molecule has 0 radical (unpaired) electrons. The maximum atomic E-state index is 5.98. The summed E-state index contributed by atoms with van der Waals surface area (Å²) in [5, 5.41) is 6.78. The fourth-order valence-electron chi connectivity index (χ4n) is 4.15. The van der Waals surface area contributed by atoms with Crippen LogP contribution in [-0.4, -0.2) is 16.0 Å². The minimum Gasteiger partial charge on any atom is -0.368 e. The van der Waals surface area contributed by atoms with Crippen molar-refractivity contribution in [3.8, 4) is 21.6 Å². The van der Waals surface area contributed by atoms with Gasteiger partial charge in [0.25, 0.3) is 0 Å². The topological polar surface area (TPSA) is 63.8 Å². The average Bonchev–Trinajstić information content (AvgIpc) is 3.29. The molecule has 0 saturated heterocycles. The van der Waals surface area contributed by atoms with Gasteiger partial charge in [0, 0.05) is 16.3 Å². The van der Waals surface area contributed by atoms with E-state index in [0.717, 1.165) is 22.3 Å². The van der Waals surface area contributed by atoms with Crippen molar-refractivity contribution in [3.05, 3.63) is 60.0 Å². The predicted molar refractivity (Wildman–Crippen MR) is 123 cm³/mol. The molecule has 0 unspecified atom stereocenters. The quantitative estimate of drug-likeness (QED) is 0.419. The number of rotatable bonds is 4. The number of nitrogens with one attached hydrogen (secondary N) is 1. The Hall–Kier alpha value is -2.92. The number of aromatic nitrogens is 2. The predicted octanol–water partition coefficient (Wildman–Crippen LogP) is 6.35. The zero-order valence-corrected chi connectivity index (χ0v) is 17.1. The van der Waals surface area contributed by atoms with Crippen LogP contribution in [0.3, 0.4) is 0 Å². The highest BCUT2D eigenvalue weighted by Crippen LogP contribution is 2.32. The highest BCUT2D eigenvalue weighted by Gasteiger charge is 2.16. The lowest BCUT2D eigenvalue weighted by atomic mass is 9.95. The van der Waals surface area contributed by atoms with Gasteiger partial charge in [0.05, 0.1) is 5.52 Å².